The summed E-state index contributed by atoms with van der Waals surface area (Å²) in [6.45, 7) is 10.6. The number of aromatic amines is 5. The number of carbonyl (C=O) groups is 3. The Morgan fingerprint density at radius 2 is 1.35 bits per heavy atom. The van der Waals surface area contributed by atoms with Crippen LogP contribution in [-0.4, -0.2) is 91.5 Å². The molecule has 0 bridgehead atoms. The second-order valence-electron chi connectivity index (χ2n) is 10.2. The molecule has 23 heteroatoms. The van der Waals surface area contributed by atoms with Gasteiger partial charge < -0.3 is 79.6 Å². The fourth-order valence-electron chi connectivity index (χ4n) is 2.73. The van der Waals surface area contributed by atoms with Crippen molar-refractivity contribution in [3.05, 3.63) is 60.0 Å². The third-order valence-electron chi connectivity index (χ3n) is 5.66. The first kappa shape index (κ1) is 52.6. The van der Waals surface area contributed by atoms with Gasteiger partial charge in [-0.3, -0.25) is 9.59 Å². The summed E-state index contributed by atoms with van der Waals surface area (Å²) in [5.41, 5.74) is 32.8. The van der Waals surface area contributed by atoms with E-state index in [-0.39, 0.29) is 24.1 Å². The Morgan fingerprint density at radius 1 is 0.855 bits per heavy atom. The Morgan fingerprint density at radius 3 is 1.53 bits per heavy atom. The van der Waals surface area contributed by atoms with Crippen molar-refractivity contribution in [3.63, 3.8) is 0 Å². The van der Waals surface area contributed by atoms with Crippen LogP contribution in [0.15, 0.2) is 37.2 Å². The number of nitrogen functional groups attached to an aromatic ring is 4. The molecule has 0 amide bonds. The Labute approximate surface area is 319 Å². The van der Waals surface area contributed by atoms with Crippen LogP contribution >= 0.6 is 0 Å². The number of imidazole rings is 5. The number of rotatable bonds is 8. The third-order valence-corrected chi connectivity index (χ3v) is 5.66. The monoisotopic (exact) mass is 774 g/mol. The summed E-state index contributed by atoms with van der Waals surface area (Å²) in [6.07, 6.45) is 12.9. The molecular weight excluding hydrogens is 716 g/mol. The fraction of sp³-hybridized carbons (Fsp3) is 0.406. The molecule has 0 aliphatic heterocycles. The predicted molar refractivity (Wildman–Crippen MR) is 211 cm³/mol. The first-order valence-electron chi connectivity index (χ1n) is 16.5. The van der Waals surface area contributed by atoms with Crippen LogP contribution in [0.4, 0.5) is 29.7 Å². The number of hydrogen-bond acceptors (Lipinski definition) is 18. The SMILES string of the molecule is CC(=O)c1cnc(N)[nH]1.CC(O)c1cnc(N)[nH]1.CCC(=O)CN.CCC=O.CCc1cnc(N)[nH]1.CNc1ncc(C(C)O)[nH]1.N#CN.Nc1ncc[nH]1. The maximum Gasteiger partial charge on any atom is 0.200 e. The van der Waals surface area contributed by atoms with Crippen LogP contribution in [-0.2, 0) is 16.0 Å². The number of aldehydes is 1. The van der Waals surface area contributed by atoms with Gasteiger partial charge in [-0.15, -0.1) is 0 Å². The van der Waals surface area contributed by atoms with Gasteiger partial charge in [0.05, 0.1) is 54.9 Å². The van der Waals surface area contributed by atoms with Gasteiger partial charge in [0.25, 0.3) is 0 Å². The number of nitrogens with zero attached hydrogens (tertiary/aromatic N) is 6. The van der Waals surface area contributed by atoms with Gasteiger partial charge in [-0.05, 0) is 20.3 Å². The van der Waals surface area contributed by atoms with Crippen molar-refractivity contribution < 1.29 is 24.6 Å². The van der Waals surface area contributed by atoms with Gasteiger partial charge in [-0.25, -0.2) is 24.9 Å². The Balaban J connectivity index is -0.000000575. The number of carbonyl (C=O) groups excluding carboxylic acids is 3. The summed E-state index contributed by atoms with van der Waals surface area (Å²) in [7, 11) is 1.77. The molecular formula is C32H58N18O5. The van der Waals surface area contributed by atoms with Crippen molar-refractivity contribution >= 4 is 47.6 Å². The maximum atomic E-state index is 10.5. The molecule has 2 unspecified atom stereocenters. The van der Waals surface area contributed by atoms with Crippen LogP contribution in [0.2, 0.25) is 0 Å². The minimum Gasteiger partial charge on any atom is -0.387 e. The van der Waals surface area contributed by atoms with Gasteiger partial charge in [0, 0.05) is 44.9 Å². The molecule has 0 saturated carbocycles. The lowest BCUT2D eigenvalue weighted by atomic mass is 10.3. The van der Waals surface area contributed by atoms with E-state index in [1.807, 2.05) is 13.8 Å². The molecule has 306 valence electrons. The molecule has 0 fully saturated rings. The molecule has 5 rings (SSSR count). The average molecular weight is 775 g/mol. The number of H-pyrrole nitrogens is 5. The second-order valence-corrected chi connectivity index (χ2v) is 10.2. The van der Waals surface area contributed by atoms with Gasteiger partial charge in [-0.1, -0.05) is 20.8 Å². The number of ketones is 2. The van der Waals surface area contributed by atoms with Crippen LogP contribution in [0.1, 0.15) is 94.2 Å². The normalized spacial score (nSPS) is 9.98. The Bertz CT molecular complexity index is 1700. The van der Waals surface area contributed by atoms with Crippen LogP contribution < -0.4 is 39.7 Å². The minimum atomic E-state index is -0.519. The lowest BCUT2D eigenvalue weighted by Crippen LogP contribution is -2.11. The first-order valence-corrected chi connectivity index (χ1v) is 16.5. The fourth-order valence-corrected chi connectivity index (χ4v) is 2.73. The molecule has 0 aliphatic rings. The van der Waals surface area contributed by atoms with Crippen molar-refractivity contribution in [1.29, 1.82) is 5.26 Å². The summed E-state index contributed by atoms with van der Waals surface area (Å²) < 4.78 is 0. The number of nitriles is 1. The standard InChI is InChI=1S/C6H11N3O.C5H9N3O.C5H7N3O.C5H9N3.C4H9NO.C3H5N3.C3H6O.CH2N2/c1-4(10)5-3-8-6(7-2)9-5;2*1-3(9)4-2-7-5(6)8-4;1-2-4-3-7-5(6)8-4;1-2-4(6)3-5;4-3-5-1-2-6-3;1-2-3-4;2-1-3/h3-4,10H,1-2H3,(H2,7,8,9);2-3,9H,1H3,(H3,6,7,8);2H,1H3,(H3,6,7,8);3H,2H2,1H3,(H3,6,7,8);2-3,5H2,1H3;1-2H,(H3,4,5,6);3H,2H2,1H3;2H2. The van der Waals surface area contributed by atoms with Gasteiger partial charge >= 0.3 is 0 Å². The lowest BCUT2D eigenvalue weighted by molar-refractivity contribution is -0.117. The van der Waals surface area contributed by atoms with Gasteiger partial charge in [0.2, 0.25) is 0 Å². The van der Waals surface area contributed by atoms with Gasteiger partial charge in [-0.2, -0.15) is 5.26 Å². The van der Waals surface area contributed by atoms with E-state index in [4.69, 9.17) is 44.1 Å². The zero-order chi connectivity index (χ0) is 42.8. The van der Waals surface area contributed by atoms with E-state index < -0.39 is 12.2 Å². The van der Waals surface area contributed by atoms with Crippen molar-refractivity contribution in [1.82, 2.24) is 49.8 Å². The quantitative estimate of drug-likeness (QED) is 0.0456. The average Bonchev–Trinajstić information content (AvgIpc) is 4.02. The van der Waals surface area contributed by atoms with Crippen molar-refractivity contribution in [2.45, 2.75) is 73.0 Å². The number of aromatic nitrogens is 10. The maximum absolute atomic E-state index is 10.5. The Hall–Kier alpha value is -6.77. The number of aliphatic hydroxyl groups excluding tert-OH is 2. The lowest BCUT2D eigenvalue weighted by Gasteiger charge is -1.97. The highest BCUT2D eigenvalue weighted by Crippen LogP contribution is 2.10. The summed E-state index contributed by atoms with van der Waals surface area (Å²) in [5.74, 6) is 2.33. The van der Waals surface area contributed by atoms with Crippen LogP contribution in [0.3, 0.4) is 0 Å². The highest BCUT2D eigenvalue weighted by Gasteiger charge is 2.03. The number of hydrogen-bond donors (Lipinski definition) is 14. The van der Waals surface area contributed by atoms with Crippen molar-refractivity contribution in [2.75, 3.05) is 41.8 Å². The van der Waals surface area contributed by atoms with E-state index >= 15 is 0 Å². The predicted octanol–water partition coefficient (Wildman–Crippen LogP) is 1.24. The summed E-state index contributed by atoms with van der Waals surface area (Å²) >= 11 is 0. The molecule has 20 N–H and O–H groups in total. The number of aryl methyl sites for hydroxylation is 1. The molecule has 5 aromatic heterocycles. The van der Waals surface area contributed by atoms with Crippen LogP contribution in [0.5, 0.6) is 0 Å². The molecule has 5 heterocycles. The summed E-state index contributed by atoms with van der Waals surface area (Å²) in [6, 6.07) is 0. The molecule has 55 heavy (non-hydrogen) atoms. The molecule has 0 radical (unpaired) electrons. The van der Waals surface area contributed by atoms with E-state index in [1.165, 1.54) is 25.5 Å². The molecule has 23 nitrogen and oxygen atoms in total. The Kier molecular flexibility index (Phi) is 31.6. The van der Waals surface area contributed by atoms with Crippen LogP contribution in [0.25, 0.3) is 0 Å². The summed E-state index contributed by atoms with van der Waals surface area (Å²) in [4.78, 5) is 62.2. The first-order chi connectivity index (χ1) is 26.0. The molecule has 0 saturated heterocycles. The number of nitrogens with one attached hydrogen (secondary N) is 6. The third kappa shape index (κ3) is 29.5. The van der Waals surface area contributed by atoms with E-state index in [0.717, 1.165) is 24.1 Å². The largest absolute Gasteiger partial charge is 0.387 e. The van der Waals surface area contributed by atoms with Crippen molar-refractivity contribution in [2.24, 2.45) is 11.5 Å². The van der Waals surface area contributed by atoms with Gasteiger partial charge in [0.1, 0.15) is 17.8 Å². The zero-order valence-electron chi connectivity index (χ0n) is 32.3. The number of Topliss-reactive ketones (excluding diaryl/α,β-unsaturated/α-hetero) is 2. The number of anilines is 5. The van der Waals surface area contributed by atoms with E-state index in [1.54, 1.807) is 52.6 Å². The topological polar surface area (TPSA) is 427 Å². The smallest absolute Gasteiger partial charge is 0.200 e. The highest BCUT2D eigenvalue weighted by atomic mass is 16.3. The number of aliphatic hydroxyl groups is 2. The van der Waals surface area contributed by atoms with E-state index in [0.29, 0.717) is 48.0 Å². The highest BCUT2D eigenvalue weighted by molar-refractivity contribution is 5.92. The zero-order valence-corrected chi connectivity index (χ0v) is 32.3. The molecule has 0 spiro atoms. The second kappa shape index (κ2) is 33.1. The van der Waals surface area contributed by atoms with E-state index in [9.17, 15) is 14.4 Å². The van der Waals surface area contributed by atoms with Gasteiger partial charge in [0.15, 0.2) is 41.7 Å². The number of nitrogens with two attached hydrogens (primary N) is 6. The van der Waals surface area contributed by atoms with Crippen molar-refractivity contribution in [3.8, 4) is 6.19 Å². The molecule has 5 aromatic rings. The summed E-state index contributed by atoms with van der Waals surface area (Å²) in [5, 5.41) is 27.9. The van der Waals surface area contributed by atoms with E-state index in [2.05, 4.69) is 60.9 Å². The molecule has 0 aromatic carbocycles. The molecule has 2 atom stereocenters. The minimum absolute atomic E-state index is 0.0563. The molecule has 0 aliphatic carbocycles. The van der Waals surface area contributed by atoms with Crippen LogP contribution in [0, 0.1) is 11.5 Å².